The topological polar surface area (TPSA) is 60.4 Å². The Balaban J connectivity index is 1.31. The van der Waals surface area contributed by atoms with Crippen LogP contribution in [0.1, 0.15) is 43.0 Å². The largest absolute Gasteiger partial charge is 0.338 e. The first kappa shape index (κ1) is 19.4. The zero-order valence-electron chi connectivity index (χ0n) is 18.5. The van der Waals surface area contributed by atoms with Crippen LogP contribution in [0.25, 0.3) is 33.1 Å². The van der Waals surface area contributed by atoms with E-state index in [1.54, 1.807) is 0 Å². The summed E-state index contributed by atoms with van der Waals surface area (Å²) in [6, 6.07) is 13.6. The number of pyridine rings is 2. The van der Waals surface area contributed by atoms with Crippen molar-refractivity contribution in [3.8, 4) is 11.1 Å². The van der Waals surface area contributed by atoms with Gasteiger partial charge in [0.1, 0.15) is 5.65 Å². The van der Waals surface area contributed by atoms with Crippen LogP contribution in [0.4, 0.5) is 0 Å². The highest BCUT2D eigenvalue weighted by atomic mass is 15.5. The molecule has 32 heavy (non-hydrogen) atoms. The Morgan fingerprint density at radius 3 is 2.56 bits per heavy atom. The lowest BCUT2D eigenvalue weighted by Crippen LogP contribution is -2.28. The summed E-state index contributed by atoms with van der Waals surface area (Å²) in [6.07, 6.45) is 10.8. The number of rotatable bonds is 4. The third-order valence-electron chi connectivity index (χ3n) is 6.88. The minimum Gasteiger partial charge on any atom is -0.338 e. The Hall–Kier alpha value is -3.25. The van der Waals surface area contributed by atoms with Crippen molar-refractivity contribution in [2.24, 2.45) is 5.10 Å². The van der Waals surface area contributed by atoms with Gasteiger partial charge >= 0.3 is 0 Å². The fourth-order valence-electron chi connectivity index (χ4n) is 5.03. The molecular weight excluding hydrogens is 396 g/mol. The van der Waals surface area contributed by atoms with E-state index in [4.69, 9.17) is 4.98 Å². The van der Waals surface area contributed by atoms with Gasteiger partial charge in [0.25, 0.3) is 0 Å². The zero-order chi connectivity index (χ0) is 21.5. The number of likely N-dealkylation sites (tertiary alicyclic amines) is 1. The van der Waals surface area contributed by atoms with E-state index in [-0.39, 0.29) is 6.04 Å². The minimum atomic E-state index is 0.202. The molecule has 1 N–H and O–H groups in total. The molecule has 2 aliphatic rings. The molecule has 0 radical (unpaired) electrons. The van der Waals surface area contributed by atoms with E-state index in [0.717, 1.165) is 40.8 Å². The third-order valence-corrected chi connectivity index (χ3v) is 6.88. The predicted molar refractivity (Wildman–Crippen MR) is 130 cm³/mol. The van der Waals surface area contributed by atoms with E-state index < -0.39 is 0 Å². The molecule has 6 rings (SSSR count). The van der Waals surface area contributed by atoms with Gasteiger partial charge in [-0.05, 0) is 49.2 Å². The lowest BCUT2D eigenvalue weighted by molar-refractivity contribution is 0.221. The van der Waals surface area contributed by atoms with Gasteiger partial charge in [0.2, 0.25) is 0 Å². The number of piperidine rings is 1. The van der Waals surface area contributed by atoms with Crippen LogP contribution in [0, 0.1) is 0 Å². The Morgan fingerprint density at radius 1 is 0.938 bits per heavy atom. The van der Waals surface area contributed by atoms with Crippen molar-refractivity contribution in [3.05, 3.63) is 60.0 Å². The van der Waals surface area contributed by atoms with E-state index in [1.165, 1.54) is 48.9 Å². The molecule has 1 aromatic carbocycles. The van der Waals surface area contributed by atoms with Gasteiger partial charge in [-0.15, -0.1) is 0 Å². The van der Waals surface area contributed by atoms with Crippen LogP contribution in [0.3, 0.4) is 0 Å². The molecule has 6 nitrogen and oxygen atoms in total. The Labute approximate surface area is 188 Å². The fraction of sp³-hybridized carbons (Fsp3) is 0.346. The molecule has 162 valence electrons. The zero-order valence-corrected chi connectivity index (χ0v) is 18.5. The maximum Gasteiger partial charge on any atom is 0.138 e. The highest BCUT2D eigenvalue weighted by molar-refractivity contribution is 6.06. The molecule has 0 bridgehead atoms. The monoisotopic (exact) mass is 424 g/mol. The van der Waals surface area contributed by atoms with E-state index in [0.29, 0.717) is 0 Å². The van der Waals surface area contributed by atoms with Crippen molar-refractivity contribution in [3.63, 3.8) is 0 Å². The molecular formula is C26H28N6. The molecule has 0 saturated carbocycles. The quantitative estimate of drug-likeness (QED) is 0.494. The number of benzene rings is 1. The van der Waals surface area contributed by atoms with E-state index in [1.807, 2.05) is 30.7 Å². The Bertz CT molecular complexity index is 1280. The van der Waals surface area contributed by atoms with Crippen LogP contribution in [0.15, 0.2) is 53.9 Å². The standard InChI is InChI=1S/C26H28N6/c1-31-25(9-10-29-31)23-14-21-22-13-20(15-28-26(22)30-24(21)16-27-23)19-7-5-18(6-8-19)17-32-11-3-2-4-12-32/h5-8,10,13-16,25H,2-4,9,11-12,17H2,1H3,(H,28,30). The van der Waals surface area contributed by atoms with Crippen molar-refractivity contribution in [2.75, 3.05) is 20.1 Å². The summed E-state index contributed by atoms with van der Waals surface area (Å²) in [5.41, 5.74) is 6.70. The maximum absolute atomic E-state index is 4.73. The van der Waals surface area contributed by atoms with Crippen LogP contribution in [-0.4, -0.2) is 51.2 Å². The van der Waals surface area contributed by atoms with Crippen molar-refractivity contribution < 1.29 is 0 Å². The van der Waals surface area contributed by atoms with Gasteiger partial charge in [0, 0.05) is 48.8 Å². The van der Waals surface area contributed by atoms with Gasteiger partial charge in [-0.3, -0.25) is 14.9 Å². The Kier molecular flexibility index (Phi) is 4.87. The number of nitrogens with one attached hydrogen (secondary N) is 1. The molecule has 4 aromatic rings. The van der Waals surface area contributed by atoms with Crippen LogP contribution >= 0.6 is 0 Å². The van der Waals surface area contributed by atoms with Gasteiger partial charge in [-0.25, -0.2) is 4.98 Å². The molecule has 1 fully saturated rings. The van der Waals surface area contributed by atoms with Crippen molar-refractivity contribution in [1.82, 2.24) is 24.9 Å². The number of hydrogen-bond donors (Lipinski definition) is 1. The first-order chi connectivity index (χ1) is 15.7. The molecule has 2 aliphatic heterocycles. The number of nitrogens with zero attached hydrogens (tertiary/aromatic N) is 5. The summed E-state index contributed by atoms with van der Waals surface area (Å²) in [5.74, 6) is 0. The summed E-state index contributed by atoms with van der Waals surface area (Å²) < 4.78 is 0. The predicted octanol–water partition coefficient (Wildman–Crippen LogP) is 5.13. The number of aromatic nitrogens is 3. The van der Waals surface area contributed by atoms with Gasteiger partial charge in [0.05, 0.1) is 23.4 Å². The number of hydrazone groups is 1. The van der Waals surface area contributed by atoms with Crippen molar-refractivity contribution in [1.29, 1.82) is 0 Å². The molecule has 1 atom stereocenters. The summed E-state index contributed by atoms with van der Waals surface area (Å²) in [4.78, 5) is 15.4. The molecule has 0 spiro atoms. The highest BCUT2D eigenvalue weighted by Gasteiger charge is 2.21. The third kappa shape index (κ3) is 3.54. The first-order valence-corrected chi connectivity index (χ1v) is 11.6. The number of fused-ring (bicyclic) bond motifs is 3. The second kappa shape index (κ2) is 8.02. The molecule has 5 heterocycles. The number of H-pyrrole nitrogens is 1. The minimum absolute atomic E-state index is 0.202. The maximum atomic E-state index is 4.73. The van der Waals surface area contributed by atoms with Crippen LogP contribution in [0.2, 0.25) is 0 Å². The number of aromatic amines is 1. The first-order valence-electron chi connectivity index (χ1n) is 11.6. The van der Waals surface area contributed by atoms with E-state index in [2.05, 4.69) is 56.4 Å². The lowest BCUT2D eigenvalue weighted by Gasteiger charge is -2.26. The normalized spacial score (nSPS) is 19.4. The van der Waals surface area contributed by atoms with Gasteiger partial charge < -0.3 is 4.98 Å². The van der Waals surface area contributed by atoms with Crippen LogP contribution in [0.5, 0.6) is 0 Å². The Morgan fingerprint density at radius 2 is 1.78 bits per heavy atom. The smallest absolute Gasteiger partial charge is 0.138 e. The molecule has 1 unspecified atom stereocenters. The average Bonchev–Trinajstić information content (AvgIpc) is 3.42. The van der Waals surface area contributed by atoms with Gasteiger partial charge in [0.15, 0.2) is 0 Å². The summed E-state index contributed by atoms with van der Waals surface area (Å²) >= 11 is 0. The van der Waals surface area contributed by atoms with Crippen LogP contribution in [-0.2, 0) is 6.54 Å². The van der Waals surface area contributed by atoms with Crippen molar-refractivity contribution in [2.45, 2.75) is 38.3 Å². The summed E-state index contributed by atoms with van der Waals surface area (Å²) in [6.45, 7) is 3.50. The lowest BCUT2D eigenvalue weighted by atomic mass is 10.0. The van der Waals surface area contributed by atoms with E-state index >= 15 is 0 Å². The molecule has 0 aliphatic carbocycles. The second-order valence-electron chi connectivity index (χ2n) is 9.06. The van der Waals surface area contributed by atoms with Gasteiger partial charge in [-0.1, -0.05) is 30.7 Å². The van der Waals surface area contributed by atoms with Crippen molar-refractivity contribution >= 4 is 28.2 Å². The highest BCUT2D eigenvalue weighted by Crippen LogP contribution is 2.32. The molecule has 1 saturated heterocycles. The number of hydrogen-bond acceptors (Lipinski definition) is 5. The second-order valence-corrected chi connectivity index (χ2v) is 9.06. The molecule has 0 amide bonds. The summed E-state index contributed by atoms with van der Waals surface area (Å²) in [5, 5.41) is 8.66. The van der Waals surface area contributed by atoms with Crippen LogP contribution < -0.4 is 0 Å². The fourth-order valence-corrected chi connectivity index (χ4v) is 5.03. The summed E-state index contributed by atoms with van der Waals surface area (Å²) in [7, 11) is 2.00. The molecule has 6 heteroatoms. The molecule has 3 aromatic heterocycles. The SMILES string of the molecule is CN1N=CCC1c1cc2c(cn1)[nH]c1ncc(-c3ccc(CN4CCCCC4)cc3)cc12. The van der Waals surface area contributed by atoms with E-state index in [9.17, 15) is 0 Å². The van der Waals surface area contributed by atoms with Gasteiger partial charge in [-0.2, -0.15) is 5.10 Å². The average molecular weight is 425 g/mol.